The Morgan fingerprint density at radius 2 is 2.35 bits per heavy atom. The van der Waals surface area contributed by atoms with Crippen LogP contribution in [0.1, 0.15) is 36.8 Å². The van der Waals surface area contributed by atoms with Crippen LogP contribution in [0, 0.1) is 6.92 Å². The van der Waals surface area contributed by atoms with E-state index >= 15 is 0 Å². The topological polar surface area (TPSA) is 68.0 Å². The van der Waals surface area contributed by atoms with Gasteiger partial charge in [-0.05, 0) is 43.4 Å². The van der Waals surface area contributed by atoms with Gasteiger partial charge in [0.1, 0.15) is 0 Å². The zero-order chi connectivity index (χ0) is 12.3. The van der Waals surface area contributed by atoms with Crippen LogP contribution in [0.5, 0.6) is 0 Å². The van der Waals surface area contributed by atoms with Gasteiger partial charge in [-0.25, -0.2) is 0 Å². The molecule has 17 heavy (non-hydrogen) atoms. The summed E-state index contributed by atoms with van der Waals surface area (Å²) in [7, 11) is 0. The van der Waals surface area contributed by atoms with Gasteiger partial charge in [0.15, 0.2) is 0 Å². The van der Waals surface area contributed by atoms with E-state index in [0.717, 1.165) is 30.4 Å². The second-order valence-corrected chi connectivity index (χ2v) is 4.97. The van der Waals surface area contributed by atoms with Crippen molar-refractivity contribution in [3.8, 4) is 0 Å². The van der Waals surface area contributed by atoms with E-state index < -0.39 is 0 Å². The molecule has 0 aliphatic heterocycles. The monoisotopic (exact) mass is 233 g/mol. The second kappa shape index (κ2) is 4.84. The van der Waals surface area contributed by atoms with Gasteiger partial charge in [0, 0.05) is 30.9 Å². The largest absolute Gasteiger partial charge is 0.352 e. The van der Waals surface area contributed by atoms with Crippen LogP contribution in [0.3, 0.4) is 0 Å². The zero-order valence-electron chi connectivity index (χ0n) is 10.2. The first-order valence-electron chi connectivity index (χ1n) is 6.04. The Hall–Kier alpha value is -1.42. The van der Waals surface area contributed by atoms with Gasteiger partial charge in [-0.3, -0.25) is 9.78 Å². The minimum absolute atomic E-state index is 0.0448. The lowest BCUT2D eigenvalue weighted by molar-refractivity contribution is -0.123. The van der Waals surface area contributed by atoms with Crippen LogP contribution in [0.25, 0.3) is 0 Å². The highest BCUT2D eigenvalue weighted by Gasteiger charge is 2.34. The van der Waals surface area contributed by atoms with Crippen molar-refractivity contribution in [2.45, 2.75) is 44.7 Å². The molecule has 1 aliphatic rings. The normalized spacial score (nSPS) is 17.3. The first kappa shape index (κ1) is 12.0. The Bertz CT molecular complexity index is 413. The number of aryl methyl sites for hydroxylation is 1. The highest BCUT2D eigenvalue weighted by atomic mass is 16.1. The van der Waals surface area contributed by atoms with Crippen LogP contribution >= 0.6 is 0 Å². The second-order valence-electron chi connectivity index (χ2n) is 4.97. The molecule has 0 saturated heterocycles. The molecule has 4 heteroatoms. The van der Waals surface area contributed by atoms with Crippen LogP contribution in [0.4, 0.5) is 0 Å². The lowest BCUT2D eigenvalue weighted by Crippen LogP contribution is -2.49. The van der Waals surface area contributed by atoms with Crippen molar-refractivity contribution in [3.63, 3.8) is 0 Å². The lowest BCUT2D eigenvalue weighted by atomic mass is 9.75. The summed E-state index contributed by atoms with van der Waals surface area (Å²) < 4.78 is 0. The van der Waals surface area contributed by atoms with E-state index in [2.05, 4.69) is 10.3 Å². The Labute approximate surface area is 102 Å². The minimum atomic E-state index is -0.239. The summed E-state index contributed by atoms with van der Waals surface area (Å²) in [5.74, 6) is 0.0448. The summed E-state index contributed by atoms with van der Waals surface area (Å²) >= 11 is 0. The van der Waals surface area contributed by atoms with E-state index in [1.807, 2.05) is 13.0 Å². The van der Waals surface area contributed by atoms with E-state index in [4.69, 9.17) is 5.73 Å². The number of nitrogens with two attached hydrogens (primary N) is 1. The highest BCUT2D eigenvalue weighted by Crippen LogP contribution is 2.31. The molecule has 1 aromatic rings. The molecule has 1 aliphatic carbocycles. The molecule has 0 spiro atoms. The molecular formula is C13H19N3O. The van der Waals surface area contributed by atoms with Crippen molar-refractivity contribution in [1.29, 1.82) is 0 Å². The van der Waals surface area contributed by atoms with Crippen LogP contribution in [0.2, 0.25) is 0 Å². The van der Waals surface area contributed by atoms with Crippen LogP contribution < -0.4 is 11.1 Å². The molecular weight excluding hydrogens is 214 g/mol. The molecule has 0 unspecified atom stereocenters. The molecule has 1 amide bonds. The smallest absolute Gasteiger partial charge is 0.222 e. The maximum atomic E-state index is 11.7. The fourth-order valence-electron chi connectivity index (χ4n) is 2.08. The number of aromatic nitrogens is 1. The molecule has 92 valence electrons. The molecule has 1 aromatic heterocycles. The van der Waals surface area contributed by atoms with Crippen LogP contribution in [-0.4, -0.2) is 16.4 Å². The number of nitrogens with one attached hydrogen (secondary N) is 1. The van der Waals surface area contributed by atoms with Gasteiger partial charge < -0.3 is 11.1 Å². The van der Waals surface area contributed by atoms with E-state index in [9.17, 15) is 4.79 Å². The average molecular weight is 233 g/mol. The molecule has 0 aromatic carbocycles. The number of carbonyl (C=O) groups is 1. The van der Waals surface area contributed by atoms with Crippen molar-refractivity contribution >= 4 is 5.91 Å². The van der Waals surface area contributed by atoms with Crippen molar-refractivity contribution in [3.05, 3.63) is 29.6 Å². The van der Waals surface area contributed by atoms with Crippen molar-refractivity contribution in [2.24, 2.45) is 5.73 Å². The maximum Gasteiger partial charge on any atom is 0.222 e. The Morgan fingerprint density at radius 1 is 1.59 bits per heavy atom. The van der Waals surface area contributed by atoms with Gasteiger partial charge in [-0.15, -0.1) is 0 Å². The molecule has 1 saturated carbocycles. The Balaban J connectivity index is 1.82. The summed E-state index contributed by atoms with van der Waals surface area (Å²) in [6, 6.07) is 1.93. The maximum absolute atomic E-state index is 11.7. The first-order chi connectivity index (χ1) is 8.09. The predicted molar refractivity (Wildman–Crippen MR) is 66.2 cm³/mol. The highest BCUT2D eigenvalue weighted by molar-refractivity contribution is 5.77. The third-order valence-corrected chi connectivity index (χ3v) is 3.47. The molecule has 1 heterocycles. The lowest BCUT2D eigenvalue weighted by Gasteiger charge is -2.37. The summed E-state index contributed by atoms with van der Waals surface area (Å²) in [6.07, 6.45) is 7.07. The van der Waals surface area contributed by atoms with Crippen molar-refractivity contribution < 1.29 is 4.79 Å². The number of hydrogen-bond donors (Lipinski definition) is 2. The number of nitrogens with zero attached hydrogens (tertiary/aromatic N) is 1. The molecule has 3 N–H and O–H groups in total. The number of pyridine rings is 1. The van der Waals surface area contributed by atoms with Crippen LogP contribution in [0.15, 0.2) is 18.5 Å². The van der Waals surface area contributed by atoms with Crippen LogP contribution in [-0.2, 0) is 11.3 Å². The first-order valence-corrected chi connectivity index (χ1v) is 6.04. The van der Waals surface area contributed by atoms with E-state index in [1.165, 1.54) is 0 Å². The Kier molecular flexibility index (Phi) is 3.43. The third-order valence-electron chi connectivity index (χ3n) is 3.47. The molecule has 0 atom stereocenters. The predicted octanol–water partition coefficient (Wildman–Crippen LogP) is 1.28. The number of carbonyl (C=O) groups excluding carboxylic acids is 1. The summed E-state index contributed by atoms with van der Waals surface area (Å²) in [5, 5.41) is 2.92. The van der Waals surface area contributed by atoms with E-state index in [-0.39, 0.29) is 11.4 Å². The fraction of sp³-hybridized carbons (Fsp3) is 0.538. The van der Waals surface area contributed by atoms with E-state index in [0.29, 0.717) is 13.0 Å². The minimum Gasteiger partial charge on any atom is -0.352 e. The van der Waals surface area contributed by atoms with Crippen molar-refractivity contribution in [1.82, 2.24) is 10.3 Å². The van der Waals surface area contributed by atoms with Gasteiger partial charge in [-0.2, -0.15) is 0 Å². The van der Waals surface area contributed by atoms with Crippen molar-refractivity contribution in [2.75, 3.05) is 0 Å². The zero-order valence-corrected chi connectivity index (χ0v) is 10.2. The standard InChI is InChI=1S/C13H19N3O/c1-10-8-15-6-3-11(10)9-16-12(17)7-13(14)4-2-5-13/h3,6,8H,2,4-5,7,9,14H2,1H3,(H,16,17). The molecule has 1 fully saturated rings. The number of amides is 1. The van der Waals surface area contributed by atoms with Gasteiger partial charge in [0.25, 0.3) is 0 Å². The molecule has 0 bridgehead atoms. The van der Waals surface area contributed by atoms with Gasteiger partial charge >= 0.3 is 0 Å². The Morgan fingerprint density at radius 3 is 2.94 bits per heavy atom. The molecule has 2 rings (SSSR count). The van der Waals surface area contributed by atoms with Gasteiger partial charge in [-0.1, -0.05) is 0 Å². The third kappa shape index (κ3) is 3.03. The van der Waals surface area contributed by atoms with Gasteiger partial charge in [0.2, 0.25) is 5.91 Å². The molecule has 4 nitrogen and oxygen atoms in total. The van der Waals surface area contributed by atoms with E-state index in [1.54, 1.807) is 12.4 Å². The summed E-state index contributed by atoms with van der Waals surface area (Å²) in [5.41, 5.74) is 7.99. The SMILES string of the molecule is Cc1cnccc1CNC(=O)CC1(N)CCC1. The number of hydrogen-bond acceptors (Lipinski definition) is 3. The fourth-order valence-corrected chi connectivity index (χ4v) is 2.08. The number of rotatable bonds is 4. The summed E-state index contributed by atoms with van der Waals surface area (Å²) in [4.78, 5) is 15.8. The molecule has 0 radical (unpaired) electrons. The quantitative estimate of drug-likeness (QED) is 0.823. The average Bonchev–Trinajstić information content (AvgIpc) is 2.26. The summed E-state index contributed by atoms with van der Waals surface area (Å²) in [6.45, 7) is 2.55. The van der Waals surface area contributed by atoms with Gasteiger partial charge in [0.05, 0.1) is 0 Å².